The van der Waals surface area contributed by atoms with E-state index in [1.54, 1.807) is 4.57 Å². The average molecular weight is 331 g/mol. The Morgan fingerprint density at radius 3 is 2.48 bits per heavy atom. The van der Waals surface area contributed by atoms with Crippen LogP contribution < -0.4 is 0 Å². The van der Waals surface area contributed by atoms with Crippen molar-refractivity contribution in [2.75, 3.05) is 6.54 Å². The monoisotopic (exact) mass is 330 g/mol. The van der Waals surface area contributed by atoms with E-state index in [2.05, 4.69) is 6.92 Å². The van der Waals surface area contributed by atoms with Crippen molar-refractivity contribution in [1.82, 2.24) is 9.47 Å². The van der Waals surface area contributed by atoms with Gasteiger partial charge in [-0.1, -0.05) is 6.92 Å². The van der Waals surface area contributed by atoms with E-state index in [1.165, 1.54) is 12.3 Å². The minimum atomic E-state index is -3.81. The summed E-state index contributed by atoms with van der Waals surface area (Å²) in [6.45, 7) is 4.88. The van der Waals surface area contributed by atoms with Gasteiger partial charge in [-0.3, -0.25) is 4.79 Å². The molecule has 2 unspecified atom stereocenters. The fourth-order valence-electron chi connectivity index (χ4n) is 3.14. The van der Waals surface area contributed by atoms with Crippen LogP contribution in [0.15, 0.2) is 17.2 Å². The van der Waals surface area contributed by atoms with Gasteiger partial charge in [-0.15, -0.1) is 0 Å². The first kappa shape index (κ1) is 14.9. The predicted octanol–water partition coefficient (Wildman–Crippen LogP) is 2.62. The largest absolute Gasteiger partial charge is 0.339 e. The molecule has 1 aliphatic heterocycles. The maximum Gasteiger partial charge on any atom is 0.270 e. The zero-order valence-electron chi connectivity index (χ0n) is 12.1. The third-order valence-electron chi connectivity index (χ3n) is 4.31. The number of rotatable bonds is 3. The lowest BCUT2D eigenvalue weighted by Gasteiger charge is -2.22. The van der Waals surface area contributed by atoms with E-state index in [1.807, 2.05) is 11.8 Å². The van der Waals surface area contributed by atoms with Crippen LogP contribution in [0.2, 0.25) is 0 Å². The topological polar surface area (TPSA) is 59.4 Å². The Kier molecular flexibility index (Phi) is 3.56. The molecular formula is C14H19ClN2O3S. The van der Waals surface area contributed by atoms with E-state index in [4.69, 9.17) is 10.7 Å². The second-order valence-corrected chi connectivity index (χ2v) is 8.85. The van der Waals surface area contributed by atoms with E-state index < -0.39 is 9.05 Å². The zero-order chi connectivity index (χ0) is 15.4. The molecule has 2 fully saturated rings. The summed E-state index contributed by atoms with van der Waals surface area (Å²) >= 11 is 0. The van der Waals surface area contributed by atoms with Gasteiger partial charge >= 0.3 is 0 Å². The number of likely N-dealkylation sites (tertiary alicyclic amines) is 1. The number of aromatic nitrogens is 1. The van der Waals surface area contributed by atoms with Gasteiger partial charge < -0.3 is 9.47 Å². The second-order valence-electron chi connectivity index (χ2n) is 6.28. The van der Waals surface area contributed by atoms with E-state index in [-0.39, 0.29) is 22.9 Å². The first-order chi connectivity index (χ1) is 9.77. The van der Waals surface area contributed by atoms with Crippen molar-refractivity contribution in [2.24, 2.45) is 5.92 Å². The Balaban J connectivity index is 1.97. The molecule has 0 N–H and O–H groups in total. The molecule has 0 bridgehead atoms. The Morgan fingerprint density at radius 1 is 1.33 bits per heavy atom. The number of halogens is 1. The highest BCUT2D eigenvalue weighted by atomic mass is 35.7. The molecule has 2 aliphatic rings. The Labute approximate surface area is 129 Å². The van der Waals surface area contributed by atoms with Crippen molar-refractivity contribution in [3.8, 4) is 0 Å². The summed E-state index contributed by atoms with van der Waals surface area (Å²) < 4.78 is 24.8. The highest BCUT2D eigenvalue weighted by Crippen LogP contribution is 2.38. The molecule has 1 aromatic heterocycles. The summed E-state index contributed by atoms with van der Waals surface area (Å²) in [6, 6.07) is 1.83. The quantitative estimate of drug-likeness (QED) is 0.800. The molecule has 116 valence electrons. The van der Waals surface area contributed by atoms with Gasteiger partial charge in [0.05, 0.1) is 0 Å². The summed E-state index contributed by atoms with van der Waals surface area (Å²) in [6.07, 6.45) is 4.43. The van der Waals surface area contributed by atoms with Crippen LogP contribution in [0, 0.1) is 5.92 Å². The van der Waals surface area contributed by atoms with E-state index in [0.717, 1.165) is 25.8 Å². The first-order valence-electron chi connectivity index (χ1n) is 7.25. The molecule has 1 aromatic rings. The first-order valence-corrected chi connectivity index (χ1v) is 9.56. The number of hydrogen-bond acceptors (Lipinski definition) is 3. The highest BCUT2D eigenvalue weighted by Gasteiger charge is 2.35. The predicted molar refractivity (Wildman–Crippen MR) is 80.0 cm³/mol. The molecular weight excluding hydrogens is 312 g/mol. The van der Waals surface area contributed by atoms with Crippen molar-refractivity contribution >= 4 is 25.6 Å². The van der Waals surface area contributed by atoms with Crippen molar-refractivity contribution in [3.63, 3.8) is 0 Å². The molecule has 2 atom stereocenters. The standard InChI is InChI=1S/C14H19ClN2O3S/c1-9-5-10(2)16(7-9)14(18)13-6-12(21(15,19)20)8-17(13)11-3-4-11/h6,8-11H,3-5,7H2,1-2H3. The van der Waals surface area contributed by atoms with Crippen LogP contribution in [0.3, 0.4) is 0 Å². The van der Waals surface area contributed by atoms with Gasteiger partial charge in [0.25, 0.3) is 15.0 Å². The normalized spacial score (nSPS) is 26.3. The minimum absolute atomic E-state index is 0.0133. The van der Waals surface area contributed by atoms with Gasteiger partial charge in [0.15, 0.2) is 0 Å². The molecule has 21 heavy (non-hydrogen) atoms. The number of amides is 1. The number of hydrogen-bond donors (Lipinski definition) is 0. The Hall–Kier alpha value is -1.01. The molecule has 3 rings (SSSR count). The Morgan fingerprint density at radius 2 is 2.00 bits per heavy atom. The van der Waals surface area contributed by atoms with Gasteiger partial charge in [0.1, 0.15) is 10.6 Å². The molecule has 0 spiro atoms. The summed E-state index contributed by atoms with van der Waals surface area (Å²) in [5, 5.41) is 0. The molecule has 7 heteroatoms. The lowest BCUT2D eigenvalue weighted by Crippen LogP contribution is -2.35. The summed E-state index contributed by atoms with van der Waals surface area (Å²) in [7, 11) is 1.61. The van der Waals surface area contributed by atoms with Crippen LogP contribution in [0.1, 0.15) is 49.6 Å². The van der Waals surface area contributed by atoms with Crippen LogP contribution in [-0.2, 0) is 9.05 Å². The lowest BCUT2D eigenvalue weighted by molar-refractivity contribution is 0.0732. The fourth-order valence-corrected chi connectivity index (χ4v) is 3.89. The van der Waals surface area contributed by atoms with Crippen LogP contribution in [0.4, 0.5) is 0 Å². The molecule has 0 aromatic carbocycles. The summed E-state index contributed by atoms with van der Waals surface area (Å²) in [5.41, 5.74) is 0.442. The van der Waals surface area contributed by atoms with Crippen molar-refractivity contribution in [1.29, 1.82) is 0 Å². The number of carbonyl (C=O) groups is 1. The molecule has 1 aliphatic carbocycles. The molecule has 0 radical (unpaired) electrons. The van der Waals surface area contributed by atoms with Gasteiger partial charge in [0, 0.05) is 35.5 Å². The Bertz CT molecular complexity index is 678. The molecule has 2 heterocycles. The molecule has 5 nitrogen and oxygen atoms in total. The second kappa shape index (κ2) is 5.02. The SMILES string of the molecule is CC1CC(C)N(C(=O)c2cc(S(=O)(=O)Cl)cn2C2CC2)C1. The van der Waals surface area contributed by atoms with E-state index in [0.29, 0.717) is 11.6 Å². The third kappa shape index (κ3) is 2.83. The smallest absolute Gasteiger partial charge is 0.270 e. The number of nitrogens with zero attached hydrogens (tertiary/aromatic N) is 2. The van der Waals surface area contributed by atoms with Gasteiger partial charge in [-0.25, -0.2) is 8.42 Å². The summed E-state index contributed by atoms with van der Waals surface area (Å²) in [4.78, 5) is 14.6. The maximum absolute atomic E-state index is 12.8. The van der Waals surface area contributed by atoms with Crippen LogP contribution in [0.5, 0.6) is 0 Å². The van der Waals surface area contributed by atoms with Gasteiger partial charge in [-0.05, 0) is 38.2 Å². The van der Waals surface area contributed by atoms with Crippen molar-refractivity contribution < 1.29 is 13.2 Å². The van der Waals surface area contributed by atoms with Gasteiger partial charge in [0.2, 0.25) is 0 Å². The average Bonchev–Trinajstić information content (AvgIpc) is 3.02. The van der Waals surface area contributed by atoms with Crippen molar-refractivity contribution in [2.45, 2.75) is 50.1 Å². The third-order valence-corrected chi connectivity index (χ3v) is 5.63. The number of carbonyl (C=O) groups excluding carboxylic acids is 1. The van der Waals surface area contributed by atoms with Crippen LogP contribution >= 0.6 is 10.7 Å². The van der Waals surface area contributed by atoms with Crippen LogP contribution in [0.25, 0.3) is 0 Å². The highest BCUT2D eigenvalue weighted by molar-refractivity contribution is 8.13. The maximum atomic E-state index is 12.8. The van der Waals surface area contributed by atoms with E-state index >= 15 is 0 Å². The molecule has 1 amide bonds. The van der Waals surface area contributed by atoms with Gasteiger partial charge in [-0.2, -0.15) is 0 Å². The minimum Gasteiger partial charge on any atom is -0.339 e. The zero-order valence-corrected chi connectivity index (χ0v) is 13.7. The molecule has 1 saturated heterocycles. The fraction of sp³-hybridized carbons (Fsp3) is 0.643. The molecule has 1 saturated carbocycles. The van der Waals surface area contributed by atoms with Crippen molar-refractivity contribution in [3.05, 3.63) is 18.0 Å². The van der Waals surface area contributed by atoms with E-state index in [9.17, 15) is 13.2 Å². The summed E-state index contributed by atoms with van der Waals surface area (Å²) in [5.74, 6) is 0.384. The lowest BCUT2D eigenvalue weighted by atomic mass is 10.1. The van der Waals surface area contributed by atoms with Crippen LogP contribution in [-0.4, -0.2) is 36.4 Å².